The number of benzene rings is 3. The Kier molecular flexibility index (Phi) is 5.15. The Morgan fingerprint density at radius 2 is 1.66 bits per heavy atom. The van der Waals surface area contributed by atoms with E-state index in [4.69, 9.17) is 11.6 Å². The number of rotatable bonds is 3. The summed E-state index contributed by atoms with van der Waals surface area (Å²) in [4.78, 5) is 24.4. The molecule has 0 saturated carbocycles. The van der Waals surface area contributed by atoms with Gasteiger partial charge in [0.2, 0.25) is 0 Å². The molecule has 3 aromatic rings. The third-order valence-corrected chi connectivity index (χ3v) is 6.32. The summed E-state index contributed by atoms with van der Waals surface area (Å²) >= 11 is 6.04. The number of fused-ring (bicyclic) bond motifs is 1. The predicted octanol–water partition coefficient (Wildman–Crippen LogP) is 6.23. The van der Waals surface area contributed by atoms with Crippen LogP contribution in [-0.4, -0.2) is 10.7 Å². The van der Waals surface area contributed by atoms with E-state index in [0.29, 0.717) is 29.0 Å². The first-order chi connectivity index (χ1) is 15.5. The van der Waals surface area contributed by atoms with Crippen LogP contribution in [0.3, 0.4) is 0 Å². The number of halogens is 1. The molecule has 3 aromatic carbocycles. The van der Waals surface area contributed by atoms with Crippen molar-refractivity contribution < 1.29 is 9.72 Å². The number of anilines is 2. The van der Waals surface area contributed by atoms with E-state index in [1.807, 2.05) is 54.6 Å². The Morgan fingerprint density at radius 3 is 2.41 bits per heavy atom. The topological polar surface area (TPSA) is 84.3 Å². The Hall–Kier alpha value is -3.64. The number of nitrogens with zero attached hydrogens (tertiary/aromatic N) is 1. The first kappa shape index (κ1) is 20.3. The molecule has 0 unspecified atom stereocenters. The van der Waals surface area contributed by atoms with Crippen LogP contribution in [0.1, 0.15) is 35.9 Å². The van der Waals surface area contributed by atoms with Gasteiger partial charge >= 0.3 is 0 Å². The molecule has 0 spiro atoms. The normalized spacial score (nSPS) is 19.8. The number of nitro benzene ring substituents is 1. The molecular weight excluding hydrogens is 426 g/mol. The lowest BCUT2D eigenvalue weighted by atomic mass is 9.78. The summed E-state index contributed by atoms with van der Waals surface area (Å²) in [6.45, 7) is 0. The van der Waals surface area contributed by atoms with E-state index in [2.05, 4.69) is 10.6 Å². The average molecular weight is 446 g/mol. The van der Waals surface area contributed by atoms with Crippen LogP contribution in [0.2, 0.25) is 5.02 Å². The second kappa shape index (κ2) is 8.13. The maximum Gasteiger partial charge on any atom is 0.269 e. The van der Waals surface area contributed by atoms with Gasteiger partial charge in [-0.3, -0.25) is 14.9 Å². The minimum absolute atomic E-state index is 0.000703. The van der Waals surface area contributed by atoms with Crippen LogP contribution in [0.4, 0.5) is 17.1 Å². The first-order valence-corrected chi connectivity index (χ1v) is 10.8. The maximum absolute atomic E-state index is 13.5. The van der Waals surface area contributed by atoms with Gasteiger partial charge in [-0.25, -0.2) is 0 Å². The molecule has 2 atom stereocenters. The van der Waals surface area contributed by atoms with Gasteiger partial charge in [-0.2, -0.15) is 0 Å². The molecular formula is C25H20ClN3O3. The fourth-order valence-corrected chi connectivity index (χ4v) is 4.66. The fourth-order valence-electron chi connectivity index (χ4n) is 4.53. The zero-order chi connectivity index (χ0) is 22.2. The highest BCUT2D eigenvalue weighted by atomic mass is 35.5. The highest BCUT2D eigenvalue weighted by molar-refractivity contribution is 6.30. The monoisotopic (exact) mass is 445 g/mol. The quantitative estimate of drug-likeness (QED) is 0.369. The number of allylic oxidation sites excluding steroid dienone is 1. The number of para-hydroxylation sites is 2. The lowest BCUT2D eigenvalue weighted by Gasteiger charge is -2.30. The molecule has 0 radical (unpaired) electrons. The summed E-state index contributed by atoms with van der Waals surface area (Å²) in [5.41, 5.74) is 4.94. The lowest BCUT2D eigenvalue weighted by Crippen LogP contribution is -2.26. The molecule has 0 bridgehead atoms. The number of non-ortho nitro benzene ring substituents is 1. The SMILES string of the molecule is O=C1C[C@H](c2ccc(Cl)cc2)CC2=C1[C@H](c1cccc([N+](=O)[O-])c1)Nc1ccccc1N2. The van der Waals surface area contributed by atoms with Crippen molar-refractivity contribution in [3.05, 3.63) is 110 Å². The molecule has 2 aliphatic rings. The summed E-state index contributed by atoms with van der Waals surface area (Å²) in [6.07, 6.45) is 1.02. The Morgan fingerprint density at radius 1 is 0.906 bits per heavy atom. The van der Waals surface area contributed by atoms with Crippen molar-refractivity contribution in [1.82, 2.24) is 0 Å². The number of hydrogen-bond donors (Lipinski definition) is 2. The molecule has 0 saturated heterocycles. The van der Waals surface area contributed by atoms with E-state index in [0.717, 1.165) is 22.6 Å². The number of nitrogens with one attached hydrogen (secondary N) is 2. The molecule has 5 rings (SSSR count). The molecule has 1 aliphatic heterocycles. The van der Waals surface area contributed by atoms with Crippen molar-refractivity contribution in [3.8, 4) is 0 Å². The van der Waals surface area contributed by atoms with E-state index < -0.39 is 11.0 Å². The van der Waals surface area contributed by atoms with Gasteiger partial charge in [-0.05, 0) is 47.7 Å². The lowest BCUT2D eigenvalue weighted by molar-refractivity contribution is -0.384. The molecule has 2 N–H and O–H groups in total. The van der Waals surface area contributed by atoms with Crippen LogP contribution in [0.15, 0.2) is 84.1 Å². The zero-order valence-electron chi connectivity index (χ0n) is 17.0. The van der Waals surface area contributed by atoms with Crippen molar-refractivity contribution in [1.29, 1.82) is 0 Å². The van der Waals surface area contributed by atoms with Crippen LogP contribution in [0.5, 0.6) is 0 Å². The van der Waals surface area contributed by atoms with Crippen molar-refractivity contribution >= 4 is 34.4 Å². The van der Waals surface area contributed by atoms with Crippen LogP contribution in [0, 0.1) is 10.1 Å². The predicted molar refractivity (Wildman–Crippen MR) is 125 cm³/mol. The van der Waals surface area contributed by atoms with E-state index in [1.165, 1.54) is 12.1 Å². The van der Waals surface area contributed by atoms with Crippen LogP contribution >= 0.6 is 11.6 Å². The Balaban J connectivity index is 1.61. The number of carbonyl (C=O) groups excluding carboxylic acids is 1. The number of nitro groups is 1. The zero-order valence-corrected chi connectivity index (χ0v) is 17.8. The summed E-state index contributed by atoms with van der Waals surface area (Å²) < 4.78 is 0. The summed E-state index contributed by atoms with van der Waals surface area (Å²) in [5, 5.41) is 18.9. The minimum atomic E-state index is -0.486. The molecule has 6 nitrogen and oxygen atoms in total. The highest BCUT2D eigenvalue weighted by Crippen LogP contribution is 2.44. The molecule has 0 fully saturated rings. The van der Waals surface area contributed by atoms with Crippen molar-refractivity contribution in [2.75, 3.05) is 10.6 Å². The second-order valence-electron chi connectivity index (χ2n) is 8.07. The van der Waals surface area contributed by atoms with Crippen LogP contribution < -0.4 is 10.6 Å². The van der Waals surface area contributed by atoms with Gasteiger partial charge in [0.15, 0.2) is 5.78 Å². The number of carbonyl (C=O) groups is 1. The summed E-state index contributed by atoms with van der Waals surface area (Å²) in [6, 6.07) is 21.3. The second-order valence-corrected chi connectivity index (χ2v) is 8.51. The van der Waals surface area contributed by atoms with Crippen molar-refractivity contribution in [3.63, 3.8) is 0 Å². The highest BCUT2D eigenvalue weighted by Gasteiger charge is 2.36. The number of Topliss-reactive ketones (excluding diaryl/α,β-unsaturated/α-hetero) is 1. The van der Waals surface area contributed by atoms with E-state index in [9.17, 15) is 14.9 Å². The minimum Gasteiger partial charge on any atom is -0.372 e. The third kappa shape index (κ3) is 3.74. The third-order valence-electron chi connectivity index (χ3n) is 6.06. The molecule has 0 aromatic heterocycles. The van der Waals surface area contributed by atoms with Gasteiger partial charge in [0.1, 0.15) is 0 Å². The van der Waals surface area contributed by atoms with Crippen molar-refractivity contribution in [2.45, 2.75) is 24.8 Å². The van der Waals surface area contributed by atoms with Gasteiger partial charge in [0, 0.05) is 34.8 Å². The van der Waals surface area contributed by atoms with E-state index in [-0.39, 0.29) is 17.4 Å². The summed E-state index contributed by atoms with van der Waals surface area (Å²) in [5.74, 6) is 0.0533. The smallest absolute Gasteiger partial charge is 0.269 e. The number of hydrogen-bond acceptors (Lipinski definition) is 5. The van der Waals surface area contributed by atoms with E-state index in [1.54, 1.807) is 6.07 Å². The Labute approximate surface area is 190 Å². The fraction of sp³-hybridized carbons (Fsp3) is 0.160. The number of ketones is 1. The van der Waals surface area contributed by atoms with Gasteiger partial charge in [-0.15, -0.1) is 0 Å². The molecule has 1 heterocycles. The molecule has 7 heteroatoms. The van der Waals surface area contributed by atoms with Crippen molar-refractivity contribution in [2.24, 2.45) is 0 Å². The maximum atomic E-state index is 13.5. The first-order valence-electron chi connectivity index (χ1n) is 10.4. The van der Waals surface area contributed by atoms with Gasteiger partial charge < -0.3 is 10.6 Å². The molecule has 0 amide bonds. The summed E-state index contributed by atoms with van der Waals surface area (Å²) in [7, 11) is 0. The van der Waals surface area contributed by atoms with Gasteiger partial charge in [0.25, 0.3) is 5.69 Å². The van der Waals surface area contributed by atoms with Crippen LogP contribution in [0.25, 0.3) is 0 Å². The largest absolute Gasteiger partial charge is 0.372 e. The standard InChI is InChI=1S/C25H20ClN3O3/c26-18-10-8-15(9-11-18)17-13-22-24(23(30)14-17)25(16-4-3-5-19(12-16)29(31)32)28-21-7-2-1-6-20(21)27-22/h1-12,17,25,27-28H,13-14H2/t17-,25+/m1/s1. The Bertz CT molecular complexity index is 1250. The average Bonchev–Trinajstić information content (AvgIpc) is 2.96. The molecule has 32 heavy (non-hydrogen) atoms. The van der Waals surface area contributed by atoms with Crippen LogP contribution in [-0.2, 0) is 4.79 Å². The van der Waals surface area contributed by atoms with E-state index >= 15 is 0 Å². The van der Waals surface area contributed by atoms with Gasteiger partial charge in [-0.1, -0.05) is 48.0 Å². The van der Waals surface area contributed by atoms with Gasteiger partial charge in [0.05, 0.1) is 22.3 Å². The molecule has 160 valence electrons. The molecule has 1 aliphatic carbocycles.